The smallest absolute Gasteiger partial charge is 0.410 e. The maximum atomic E-state index is 13.3. The predicted molar refractivity (Wildman–Crippen MR) is 141 cm³/mol. The molecule has 0 atom stereocenters. The minimum atomic E-state index is -0.515. The third-order valence-corrected chi connectivity index (χ3v) is 6.97. The van der Waals surface area contributed by atoms with Crippen molar-refractivity contribution in [2.45, 2.75) is 70.8 Å². The van der Waals surface area contributed by atoms with Crippen molar-refractivity contribution in [1.29, 1.82) is 0 Å². The number of aromatic nitrogens is 2. The van der Waals surface area contributed by atoms with Gasteiger partial charge >= 0.3 is 6.09 Å². The number of nitrogens with zero attached hydrogens (tertiary/aromatic N) is 4. The SMILES string of the molecule is CC(C)(C)OC(=O)N1CCC(c2c(C(=O)NCCCN3CCCCC3)cnn2-c2ccccc2)CC1. The Balaban J connectivity index is 1.43. The summed E-state index contributed by atoms with van der Waals surface area (Å²) in [5.41, 5.74) is 1.98. The first-order valence-corrected chi connectivity index (χ1v) is 13.4. The maximum absolute atomic E-state index is 13.3. The average Bonchev–Trinajstić information content (AvgIpc) is 3.32. The topological polar surface area (TPSA) is 79.7 Å². The van der Waals surface area contributed by atoms with E-state index < -0.39 is 5.60 Å². The number of nitrogens with one attached hydrogen (secondary N) is 1. The molecule has 2 aliphatic heterocycles. The summed E-state index contributed by atoms with van der Waals surface area (Å²) < 4.78 is 7.46. The van der Waals surface area contributed by atoms with Gasteiger partial charge in [-0.15, -0.1) is 0 Å². The lowest BCUT2D eigenvalue weighted by Crippen LogP contribution is -2.41. The van der Waals surface area contributed by atoms with E-state index in [1.54, 1.807) is 11.1 Å². The number of hydrogen-bond acceptors (Lipinski definition) is 5. The molecule has 1 aromatic carbocycles. The second-order valence-electron chi connectivity index (χ2n) is 10.9. The number of rotatable bonds is 7. The summed E-state index contributed by atoms with van der Waals surface area (Å²) >= 11 is 0. The molecule has 0 radical (unpaired) electrons. The highest BCUT2D eigenvalue weighted by Gasteiger charge is 2.32. The normalized spacial score (nSPS) is 17.7. The van der Waals surface area contributed by atoms with Gasteiger partial charge in [0.2, 0.25) is 0 Å². The molecule has 2 amide bonds. The Morgan fingerprint density at radius 3 is 2.39 bits per heavy atom. The summed E-state index contributed by atoms with van der Waals surface area (Å²) in [7, 11) is 0. The largest absolute Gasteiger partial charge is 0.444 e. The van der Waals surface area contributed by atoms with E-state index in [4.69, 9.17) is 4.74 Å². The Labute approximate surface area is 215 Å². The van der Waals surface area contributed by atoms with Gasteiger partial charge in [-0.2, -0.15) is 5.10 Å². The molecule has 2 saturated heterocycles. The van der Waals surface area contributed by atoms with Gasteiger partial charge in [0.1, 0.15) is 5.60 Å². The van der Waals surface area contributed by atoms with Crippen LogP contribution in [0, 0.1) is 0 Å². The first-order valence-electron chi connectivity index (χ1n) is 13.4. The van der Waals surface area contributed by atoms with Crippen LogP contribution in [0.4, 0.5) is 4.79 Å². The lowest BCUT2D eigenvalue weighted by atomic mass is 9.91. The number of amides is 2. The Bertz CT molecular complexity index is 1000. The zero-order valence-corrected chi connectivity index (χ0v) is 22.0. The number of benzene rings is 1. The lowest BCUT2D eigenvalue weighted by molar-refractivity contribution is 0.0203. The Hall–Kier alpha value is -2.87. The molecule has 36 heavy (non-hydrogen) atoms. The number of ether oxygens (including phenoxy) is 1. The fourth-order valence-corrected chi connectivity index (χ4v) is 5.15. The molecule has 2 aromatic rings. The Morgan fingerprint density at radius 1 is 1.03 bits per heavy atom. The van der Waals surface area contributed by atoms with Crippen molar-refractivity contribution < 1.29 is 14.3 Å². The monoisotopic (exact) mass is 495 g/mol. The van der Waals surface area contributed by atoms with Crippen LogP contribution in [-0.4, -0.2) is 76.5 Å². The van der Waals surface area contributed by atoms with Crippen LogP contribution in [-0.2, 0) is 4.74 Å². The molecule has 1 N–H and O–H groups in total. The molecular weight excluding hydrogens is 454 g/mol. The van der Waals surface area contributed by atoms with Crippen molar-refractivity contribution in [2.24, 2.45) is 0 Å². The van der Waals surface area contributed by atoms with E-state index in [2.05, 4.69) is 15.3 Å². The molecule has 2 fully saturated rings. The molecule has 1 aromatic heterocycles. The number of likely N-dealkylation sites (tertiary alicyclic amines) is 2. The molecule has 3 heterocycles. The summed E-state index contributed by atoms with van der Waals surface area (Å²) in [6.45, 7) is 10.9. The number of carbonyl (C=O) groups is 2. The third kappa shape index (κ3) is 6.87. The van der Waals surface area contributed by atoms with Crippen LogP contribution in [0.5, 0.6) is 0 Å². The number of para-hydroxylation sites is 1. The van der Waals surface area contributed by atoms with E-state index in [0.717, 1.165) is 37.2 Å². The molecule has 2 aliphatic rings. The van der Waals surface area contributed by atoms with E-state index in [-0.39, 0.29) is 17.9 Å². The molecule has 0 spiro atoms. The number of piperidine rings is 2. The average molecular weight is 496 g/mol. The van der Waals surface area contributed by atoms with E-state index in [0.29, 0.717) is 25.2 Å². The maximum Gasteiger partial charge on any atom is 0.410 e. The highest BCUT2D eigenvalue weighted by molar-refractivity contribution is 5.95. The molecular formula is C28H41N5O3. The predicted octanol–water partition coefficient (Wildman–Crippen LogP) is 4.59. The quantitative estimate of drug-likeness (QED) is 0.568. The van der Waals surface area contributed by atoms with Gasteiger partial charge in [-0.1, -0.05) is 24.6 Å². The van der Waals surface area contributed by atoms with Crippen LogP contribution in [0.1, 0.15) is 81.3 Å². The van der Waals surface area contributed by atoms with Crippen molar-refractivity contribution >= 4 is 12.0 Å². The third-order valence-electron chi connectivity index (χ3n) is 6.97. The summed E-state index contributed by atoms with van der Waals surface area (Å²) in [4.78, 5) is 30.1. The van der Waals surface area contributed by atoms with Gasteiger partial charge in [0.25, 0.3) is 5.91 Å². The molecule has 8 nitrogen and oxygen atoms in total. The van der Waals surface area contributed by atoms with Crippen LogP contribution < -0.4 is 5.32 Å². The first-order chi connectivity index (χ1) is 17.3. The Morgan fingerprint density at radius 2 is 1.72 bits per heavy atom. The van der Waals surface area contributed by atoms with Crippen molar-refractivity contribution in [3.63, 3.8) is 0 Å². The second-order valence-corrected chi connectivity index (χ2v) is 10.9. The van der Waals surface area contributed by atoms with Gasteiger partial charge in [-0.25, -0.2) is 9.48 Å². The zero-order valence-electron chi connectivity index (χ0n) is 22.0. The van der Waals surface area contributed by atoms with Crippen LogP contribution in [0.15, 0.2) is 36.5 Å². The van der Waals surface area contributed by atoms with Gasteiger partial charge < -0.3 is 19.9 Å². The first kappa shape index (κ1) is 26.2. The van der Waals surface area contributed by atoms with Crippen molar-refractivity contribution in [2.75, 3.05) is 39.3 Å². The van der Waals surface area contributed by atoms with Gasteiger partial charge in [0, 0.05) is 25.6 Å². The van der Waals surface area contributed by atoms with E-state index in [1.807, 2.05) is 55.8 Å². The van der Waals surface area contributed by atoms with Crippen LogP contribution in [0.25, 0.3) is 5.69 Å². The van der Waals surface area contributed by atoms with E-state index in [9.17, 15) is 9.59 Å². The van der Waals surface area contributed by atoms with E-state index in [1.165, 1.54) is 32.4 Å². The number of hydrogen-bond donors (Lipinski definition) is 1. The lowest BCUT2D eigenvalue weighted by Gasteiger charge is -2.34. The standard InChI is InChI=1S/C28H41N5O3/c1-28(2,3)36-27(35)32-19-13-22(14-20-32)25-24(21-30-33(25)23-11-6-4-7-12-23)26(34)29-15-10-18-31-16-8-5-9-17-31/h4,6-7,11-12,21-22H,5,8-10,13-20H2,1-3H3,(H,29,34). The van der Waals surface area contributed by atoms with Crippen molar-refractivity contribution in [3.8, 4) is 5.69 Å². The summed E-state index contributed by atoms with van der Waals surface area (Å²) in [6, 6.07) is 9.94. The fraction of sp³-hybridized carbons (Fsp3) is 0.607. The van der Waals surface area contributed by atoms with Gasteiger partial charge in [0.15, 0.2) is 0 Å². The fourth-order valence-electron chi connectivity index (χ4n) is 5.15. The molecule has 0 aliphatic carbocycles. The summed E-state index contributed by atoms with van der Waals surface area (Å²) in [5, 5.41) is 7.76. The minimum absolute atomic E-state index is 0.0691. The highest BCUT2D eigenvalue weighted by Crippen LogP contribution is 2.32. The molecule has 8 heteroatoms. The molecule has 0 saturated carbocycles. The zero-order chi connectivity index (χ0) is 25.5. The number of carbonyl (C=O) groups excluding carboxylic acids is 2. The van der Waals surface area contributed by atoms with E-state index >= 15 is 0 Å². The molecule has 4 rings (SSSR count). The molecule has 196 valence electrons. The van der Waals surface area contributed by atoms with Gasteiger partial charge in [-0.05, 0) is 84.6 Å². The Kier molecular flexibility index (Phi) is 8.67. The second kappa shape index (κ2) is 11.9. The highest BCUT2D eigenvalue weighted by atomic mass is 16.6. The van der Waals surface area contributed by atoms with Crippen LogP contribution in [0.2, 0.25) is 0 Å². The minimum Gasteiger partial charge on any atom is -0.444 e. The van der Waals surface area contributed by atoms with Crippen molar-refractivity contribution in [3.05, 3.63) is 47.8 Å². The van der Waals surface area contributed by atoms with Gasteiger partial charge in [0.05, 0.1) is 23.1 Å². The van der Waals surface area contributed by atoms with Crippen LogP contribution >= 0.6 is 0 Å². The molecule has 0 bridgehead atoms. The van der Waals surface area contributed by atoms with Crippen LogP contribution in [0.3, 0.4) is 0 Å². The van der Waals surface area contributed by atoms with Gasteiger partial charge in [-0.3, -0.25) is 4.79 Å². The van der Waals surface area contributed by atoms with Crippen molar-refractivity contribution in [1.82, 2.24) is 24.9 Å². The summed E-state index contributed by atoms with van der Waals surface area (Å²) in [5.74, 6) is 0.0564. The molecule has 0 unspecified atom stereocenters. The summed E-state index contributed by atoms with van der Waals surface area (Å²) in [6.07, 6.45) is 7.77.